The first-order chi connectivity index (χ1) is 5.76. The Labute approximate surface area is 83.4 Å². The zero-order chi connectivity index (χ0) is 10.4. The Morgan fingerprint density at radius 1 is 0.923 bits per heavy atom. The molecule has 0 heterocycles. The summed E-state index contributed by atoms with van der Waals surface area (Å²) in [5, 5.41) is 1.68. The summed E-state index contributed by atoms with van der Waals surface area (Å²) in [5.41, 5.74) is 6.12. The third-order valence-electron chi connectivity index (χ3n) is 3.19. The van der Waals surface area contributed by atoms with Crippen LogP contribution in [0.3, 0.4) is 0 Å². The molecule has 0 radical (unpaired) electrons. The first-order valence-corrected chi connectivity index (χ1v) is 8.50. The van der Waals surface area contributed by atoms with Crippen LogP contribution >= 0.6 is 0 Å². The molecule has 0 nitrogen and oxygen atoms in total. The van der Waals surface area contributed by atoms with Gasteiger partial charge in [0.2, 0.25) is 0 Å². The minimum absolute atomic E-state index is 1.13. The van der Waals surface area contributed by atoms with Gasteiger partial charge < -0.3 is 0 Å². The van der Waals surface area contributed by atoms with Gasteiger partial charge in [-0.3, -0.25) is 0 Å². The second-order valence-corrected chi connectivity index (χ2v) is 10.1. The van der Waals surface area contributed by atoms with E-state index in [0.29, 0.717) is 0 Å². The summed E-state index contributed by atoms with van der Waals surface area (Å²) in [4.78, 5) is 0. The van der Waals surface area contributed by atoms with Crippen molar-refractivity contribution >= 4 is 13.3 Å². The average molecular weight is 193 g/mol. The quantitative estimate of drug-likeness (QED) is 0.475. The van der Waals surface area contributed by atoms with Crippen molar-refractivity contribution in [1.82, 2.24) is 0 Å². The van der Waals surface area contributed by atoms with E-state index in [1.165, 1.54) is 11.1 Å². The molecule has 0 unspecified atom stereocenters. The van der Waals surface area contributed by atoms with E-state index in [1.807, 2.05) is 0 Å². The molecule has 0 aliphatic rings. The van der Waals surface area contributed by atoms with Gasteiger partial charge in [0.1, 0.15) is 0 Å². The van der Waals surface area contributed by atoms with E-state index >= 15 is 0 Å². The largest absolute Gasteiger partial charge is 0.197 e. The molecule has 0 spiro atoms. The molecule has 0 fully saturated rings. The minimum Gasteiger partial charge on any atom is -0.197 e. The Hall–Kier alpha value is -0.433. The maximum atomic E-state index is 2.43. The van der Waals surface area contributed by atoms with Crippen molar-refractivity contribution in [2.45, 2.75) is 47.3 Å². The van der Waals surface area contributed by atoms with Gasteiger partial charge in [0, 0.05) is 8.07 Å². The van der Waals surface area contributed by atoms with Crippen LogP contribution in [-0.4, -0.2) is 8.07 Å². The van der Waals surface area contributed by atoms with Crippen molar-refractivity contribution in [2.24, 2.45) is 0 Å². The summed E-state index contributed by atoms with van der Waals surface area (Å²) < 4.78 is 0. The van der Waals surface area contributed by atoms with Gasteiger partial charge >= 0.3 is 0 Å². The highest BCUT2D eigenvalue weighted by Gasteiger charge is 2.15. The van der Waals surface area contributed by atoms with E-state index in [-0.39, 0.29) is 0 Å². The lowest BCUT2D eigenvalue weighted by Crippen LogP contribution is -2.40. The van der Waals surface area contributed by atoms with Crippen molar-refractivity contribution in [3.63, 3.8) is 0 Å². The molecule has 1 aromatic carbocycles. The molecule has 74 valence electrons. The van der Waals surface area contributed by atoms with Gasteiger partial charge in [-0.2, -0.15) is 27.4 Å². The Morgan fingerprint density at radius 3 is 1.54 bits per heavy atom. The zero-order valence-corrected chi connectivity index (χ0v) is 11.0. The van der Waals surface area contributed by atoms with Crippen LogP contribution in [0.4, 0.5) is 0 Å². The Morgan fingerprint density at radius 2 is 1.38 bits per heavy atom. The molecular weight excluding hydrogens is 172 g/mol. The van der Waals surface area contributed by atoms with Gasteiger partial charge in [-0.05, 0) is 0 Å². The lowest BCUT2D eigenvalue weighted by Gasteiger charge is -2.27. The zero-order valence-electron chi connectivity index (χ0n) is 10.0. The normalized spacial score (nSPS) is 12.2. The second-order valence-electron chi connectivity index (χ2n) is 5.12. The number of hydrogen-bond acceptors (Lipinski definition) is 0. The lowest BCUT2D eigenvalue weighted by molar-refractivity contribution is 1.32. The monoisotopic (exact) mass is 193 g/mol. The van der Waals surface area contributed by atoms with Crippen molar-refractivity contribution in [3.05, 3.63) is 22.3 Å². The SMILES string of the molecule is Cc1c([Si](C)(C)C)c(C)[c-](C)c1C. The summed E-state index contributed by atoms with van der Waals surface area (Å²) in [5.74, 6) is 0. The molecule has 0 N–H and O–H groups in total. The first-order valence-electron chi connectivity index (χ1n) is 5.00. The van der Waals surface area contributed by atoms with Gasteiger partial charge in [0.15, 0.2) is 0 Å². The highest BCUT2D eigenvalue weighted by atomic mass is 28.3. The predicted octanol–water partition coefficient (Wildman–Crippen LogP) is 3.18. The van der Waals surface area contributed by atoms with Gasteiger partial charge in [-0.1, -0.05) is 47.3 Å². The predicted molar refractivity (Wildman–Crippen MR) is 64.0 cm³/mol. The maximum absolute atomic E-state index is 2.43. The van der Waals surface area contributed by atoms with E-state index < -0.39 is 8.07 Å². The molecule has 1 aromatic rings. The van der Waals surface area contributed by atoms with Crippen LogP contribution in [0.5, 0.6) is 0 Å². The van der Waals surface area contributed by atoms with Crippen molar-refractivity contribution in [2.75, 3.05) is 0 Å². The molecule has 0 saturated heterocycles. The second kappa shape index (κ2) is 3.05. The smallest absolute Gasteiger partial charge is 0.00444 e. The Balaban J connectivity index is 3.47. The summed E-state index contributed by atoms with van der Waals surface area (Å²) in [6.07, 6.45) is 0. The third kappa shape index (κ3) is 1.62. The third-order valence-corrected chi connectivity index (χ3v) is 5.44. The van der Waals surface area contributed by atoms with Crippen LogP contribution in [0.1, 0.15) is 22.3 Å². The van der Waals surface area contributed by atoms with Crippen LogP contribution in [0, 0.1) is 27.7 Å². The fraction of sp³-hybridized carbons (Fsp3) is 0.583. The summed E-state index contributed by atoms with van der Waals surface area (Å²) >= 11 is 0. The molecule has 0 bridgehead atoms. The molecule has 0 saturated carbocycles. The fourth-order valence-corrected chi connectivity index (χ4v) is 4.97. The molecule has 1 heteroatoms. The molecular formula is C12H21Si-. The lowest BCUT2D eigenvalue weighted by atomic mass is 10.2. The van der Waals surface area contributed by atoms with Gasteiger partial charge in [0.05, 0.1) is 0 Å². The standard InChI is InChI=1S/C12H21Si/c1-8-9(2)11(4)12(10(8)3)13(5,6)7/h1-7H3/q-1. The number of hydrogen-bond donors (Lipinski definition) is 0. The molecule has 0 atom stereocenters. The van der Waals surface area contributed by atoms with Crippen LogP contribution < -0.4 is 5.19 Å². The van der Waals surface area contributed by atoms with Crippen molar-refractivity contribution in [3.8, 4) is 0 Å². The summed E-state index contributed by atoms with van der Waals surface area (Å²) in [7, 11) is -1.13. The molecule has 1 rings (SSSR count). The van der Waals surface area contributed by atoms with Crippen LogP contribution in [0.25, 0.3) is 0 Å². The highest BCUT2D eigenvalue weighted by molar-refractivity contribution is 6.89. The van der Waals surface area contributed by atoms with E-state index in [1.54, 1.807) is 16.3 Å². The van der Waals surface area contributed by atoms with Gasteiger partial charge in [-0.15, -0.1) is 0 Å². The number of rotatable bonds is 1. The van der Waals surface area contributed by atoms with E-state index in [9.17, 15) is 0 Å². The molecule has 13 heavy (non-hydrogen) atoms. The highest BCUT2D eigenvalue weighted by Crippen LogP contribution is 2.21. The fourth-order valence-electron chi connectivity index (χ4n) is 2.34. The minimum atomic E-state index is -1.13. The Kier molecular flexibility index (Phi) is 2.50. The van der Waals surface area contributed by atoms with Crippen LogP contribution in [-0.2, 0) is 0 Å². The van der Waals surface area contributed by atoms with Crippen molar-refractivity contribution in [1.29, 1.82) is 0 Å². The first kappa shape index (κ1) is 10.6. The summed E-state index contributed by atoms with van der Waals surface area (Å²) in [6, 6.07) is 0. The van der Waals surface area contributed by atoms with Gasteiger partial charge in [0.25, 0.3) is 0 Å². The molecule has 0 aliphatic heterocycles. The average Bonchev–Trinajstić information content (AvgIpc) is 2.14. The topological polar surface area (TPSA) is 0 Å². The van der Waals surface area contributed by atoms with E-state index in [0.717, 1.165) is 0 Å². The van der Waals surface area contributed by atoms with Crippen LogP contribution in [0.15, 0.2) is 0 Å². The molecule has 0 amide bonds. The van der Waals surface area contributed by atoms with Crippen LogP contribution in [0.2, 0.25) is 19.6 Å². The molecule has 0 aromatic heterocycles. The van der Waals surface area contributed by atoms with E-state index in [2.05, 4.69) is 47.3 Å². The maximum Gasteiger partial charge on any atom is 0.00444 e. The summed E-state index contributed by atoms with van der Waals surface area (Å²) in [6.45, 7) is 16.4. The molecule has 0 aliphatic carbocycles. The van der Waals surface area contributed by atoms with Crippen molar-refractivity contribution < 1.29 is 0 Å². The Bertz CT molecular complexity index is 298. The van der Waals surface area contributed by atoms with E-state index in [4.69, 9.17) is 0 Å². The van der Waals surface area contributed by atoms with Gasteiger partial charge in [-0.25, -0.2) is 0 Å².